The van der Waals surface area contributed by atoms with Crippen molar-refractivity contribution < 1.29 is 9.18 Å². The van der Waals surface area contributed by atoms with Gasteiger partial charge in [0.15, 0.2) is 6.29 Å². The first kappa shape index (κ1) is 12.5. The zero-order valence-corrected chi connectivity index (χ0v) is 10.5. The lowest BCUT2D eigenvalue weighted by molar-refractivity contribution is 0.112. The van der Waals surface area contributed by atoms with Crippen molar-refractivity contribution in [1.29, 1.82) is 0 Å². The number of aldehydes is 1. The van der Waals surface area contributed by atoms with Gasteiger partial charge in [0, 0.05) is 5.56 Å². The minimum Gasteiger partial charge on any atom is -0.298 e. The number of hydrogen-bond donors (Lipinski definition) is 0. The van der Waals surface area contributed by atoms with E-state index in [0.717, 1.165) is 23.0 Å². The van der Waals surface area contributed by atoms with Gasteiger partial charge >= 0.3 is 0 Å². The predicted molar refractivity (Wildman–Crippen MR) is 71.3 cm³/mol. The van der Waals surface area contributed by atoms with Crippen LogP contribution in [0.1, 0.15) is 35.7 Å². The second-order valence-electron chi connectivity index (χ2n) is 4.59. The molecule has 0 aliphatic rings. The van der Waals surface area contributed by atoms with E-state index in [1.165, 1.54) is 12.1 Å². The molecule has 92 valence electrons. The molecule has 18 heavy (non-hydrogen) atoms. The molecule has 2 aromatic carbocycles. The van der Waals surface area contributed by atoms with E-state index in [1.807, 2.05) is 18.2 Å². The van der Waals surface area contributed by atoms with Crippen LogP contribution < -0.4 is 0 Å². The van der Waals surface area contributed by atoms with Gasteiger partial charge in [0.25, 0.3) is 0 Å². The zero-order valence-electron chi connectivity index (χ0n) is 10.5. The SMILES string of the molecule is CC(C)c1cccc(-c2ccc(F)cc2)c1C=O. The van der Waals surface area contributed by atoms with Gasteiger partial charge in [-0.05, 0) is 34.7 Å². The average molecular weight is 242 g/mol. The molecule has 1 nitrogen and oxygen atoms in total. The van der Waals surface area contributed by atoms with Crippen molar-refractivity contribution in [2.24, 2.45) is 0 Å². The summed E-state index contributed by atoms with van der Waals surface area (Å²) < 4.78 is 12.9. The van der Waals surface area contributed by atoms with Gasteiger partial charge in [0.2, 0.25) is 0 Å². The summed E-state index contributed by atoms with van der Waals surface area (Å²) in [6.07, 6.45) is 0.883. The number of carbonyl (C=O) groups excluding carboxylic acids is 1. The van der Waals surface area contributed by atoms with Gasteiger partial charge in [-0.15, -0.1) is 0 Å². The molecule has 2 heteroatoms. The number of benzene rings is 2. The summed E-state index contributed by atoms with van der Waals surface area (Å²) in [5, 5.41) is 0. The zero-order chi connectivity index (χ0) is 13.1. The Morgan fingerprint density at radius 1 is 1.06 bits per heavy atom. The molecule has 0 amide bonds. The third-order valence-electron chi connectivity index (χ3n) is 3.03. The summed E-state index contributed by atoms with van der Waals surface area (Å²) in [5.74, 6) is 0.0111. The molecule has 0 radical (unpaired) electrons. The van der Waals surface area contributed by atoms with Crippen molar-refractivity contribution >= 4 is 6.29 Å². The van der Waals surface area contributed by atoms with Crippen molar-refractivity contribution in [1.82, 2.24) is 0 Å². The summed E-state index contributed by atoms with van der Waals surface area (Å²) in [6, 6.07) is 12.0. The monoisotopic (exact) mass is 242 g/mol. The predicted octanol–water partition coefficient (Wildman–Crippen LogP) is 4.43. The van der Waals surface area contributed by atoms with Gasteiger partial charge in [0.1, 0.15) is 5.82 Å². The standard InChI is InChI=1S/C16H15FO/c1-11(2)14-4-3-5-15(16(14)10-18)12-6-8-13(17)9-7-12/h3-11H,1-2H3. The van der Waals surface area contributed by atoms with Crippen molar-refractivity contribution in [3.8, 4) is 11.1 Å². The summed E-state index contributed by atoms with van der Waals surface area (Å²) in [6.45, 7) is 4.10. The Hall–Kier alpha value is -1.96. The van der Waals surface area contributed by atoms with Crippen LogP contribution >= 0.6 is 0 Å². The Labute approximate surface area is 106 Å². The van der Waals surface area contributed by atoms with Crippen LogP contribution in [0.5, 0.6) is 0 Å². The van der Waals surface area contributed by atoms with Crippen LogP contribution in [-0.4, -0.2) is 6.29 Å². The molecule has 0 aliphatic heterocycles. The van der Waals surface area contributed by atoms with Crippen LogP contribution in [0.4, 0.5) is 4.39 Å². The van der Waals surface area contributed by atoms with E-state index in [1.54, 1.807) is 12.1 Å². The smallest absolute Gasteiger partial charge is 0.150 e. The van der Waals surface area contributed by atoms with Crippen molar-refractivity contribution in [3.05, 3.63) is 59.4 Å². The fraction of sp³-hybridized carbons (Fsp3) is 0.188. The molecule has 2 rings (SSSR count). The lowest BCUT2D eigenvalue weighted by Gasteiger charge is -2.13. The Morgan fingerprint density at radius 3 is 2.28 bits per heavy atom. The minimum absolute atomic E-state index is 0.272. The summed E-state index contributed by atoms with van der Waals surface area (Å²) in [7, 11) is 0. The Morgan fingerprint density at radius 2 is 1.72 bits per heavy atom. The molecule has 0 unspecified atom stereocenters. The van der Waals surface area contributed by atoms with Crippen LogP contribution in [0.15, 0.2) is 42.5 Å². The van der Waals surface area contributed by atoms with E-state index in [0.29, 0.717) is 5.56 Å². The van der Waals surface area contributed by atoms with Crippen LogP contribution in [0.3, 0.4) is 0 Å². The highest BCUT2D eigenvalue weighted by Gasteiger charge is 2.11. The first-order valence-corrected chi connectivity index (χ1v) is 5.97. The molecule has 0 aliphatic carbocycles. The lowest BCUT2D eigenvalue weighted by atomic mass is 9.91. The Kier molecular flexibility index (Phi) is 3.56. The molecular weight excluding hydrogens is 227 g/mol. The number of carbonyl (C=O) groups is 1. The fourth-order valence-electron chi connectivity index (χ4n) is 2.10. The van der Waals surface area contributed by atoms with Gasteiger partial charge in [-0.3, -0.25) is 4.79 Å². The summed E-state index contributed by atoms with van der Waals surface area (Å²) >= 11 is 0. The molecule has 0 aromatic heterocycles. The molecule has 0 atom stereocenters. The van der Waals surface area contributed by atoms with Crippen molar-refractivity contribution in [3.63, 3.8) is 0 Å². The maximum absolute atomic E-state index is 12.9. The molecule has 0 saturated heterocycles. The number of halogens is 1. The van der Waals surface area contributed by atoms with Gasteiger partial charge in [-0.2, -0.15) is 0 Å². The molecule has 0 fully saturated rings. The first-order chi connectivity index (χ1) is 8.63. The van der Waals surface area contributed by atoms with E-state index in [-0.39, 0.29) is 11.7 Å². The number of hydrogen-bond acceptors (Lipinski definition) is 1. The highest BCUT2D eigenvalue weighted by molar-refractivity contribution is 5.89. The maximum Gasteiger partial charge on any atom is 0.150 e. The van der Waals surface area contributed by atoms with E-state index < -0.39 is 0 Å². The second-order valence-corrected chi connectivity index (χ2v) is 4.59. The Bertz CT molecular complexity index is 556. The van der Waals surface area contributed by atoms with Crippen LogP contribution in [-0.2, 0) is 0 Å². The third-order valence-corrected chi connectivity index (χ3v) is 3.03. The molecule has 0 spiro atoms. The average Bonchev–Trinajstić information content (AvgIpc) is 2.38. The van der Waals surface area contributed by atoms with Gasteiger partial charge in [-0.25, -0.2) is 4.39 Å². The third kappa shape index (κ3) is 2.33. The largest absolute Gasteiger partial charge is 0.298 e. The molecule has 0 bridgehead atoms. The van der Waals surface area contributed by atoms with Crippen LogP contribution in [0.2, 0.25) is 0 Å². The minimum atomic E-state index is -0.272. The summed E-state index contributed by atoms with van der Waals surface area (Å²) in [4.78, 5) is 11.3. The topological polar surface area (TPSA) is 17.1 Å². The quantitative estimate of drug-likeness (QED) is 0.728. The van der Waals surface area contributed by atoms with E-state index in [4.69, 9.17) is 0 Å². The fourth-order valence-corrected chi connectivity index (χ4v) is 2.10. The first-order valence-electron chi connectivity index (χ1n) is 5.97. The van der Waals surface area contributed by atoms with Gasteiger partial charge in [0.05, 0.1) is 0 Å². The number of rotatable bonds is 3. The Balaban J connectivity index is 2.60. The lowest BCUT2D eigenvalue weighted by Crippen LogP contribution is -1.98. The van der Waals surface area contributed by atoms with E-state index in [2.05, 4.69) is 13.8 Å². The molecule has 0 saturated carbocycles. The molecule has 0 N–H and O–H groups in total. The highest BCUT2D eigenvalue weighted by atomic mass is 19.1. The van der Waals surface area contributed by atoms with E-state index in [9.17, 15) is 9.18 Å². The maximum atomic E-state index is 12.9. The van der Waals surface area contributed by atoms with Gasteiger partial charge < -0.3 is 0 Å². The normalized spacial score (nSPS) is 10.7. The molecular formula is C16H15FO. The van der Waals surface area contributed by atoms with Crippen LogP contribution in [0, 0.1) is 5.82 Å². The molecule has 2 aromatic rings. The van der Waals surface area contributed by atoms with Crippen molar-refractivity contribution in [2.75, 3.05) is 0 Å². The molecule has 0 heterocycles. The van der Waals surface area contributed by atoms with Crippen LogP contribution in [0.25, 0.3) is 11.1 Å². The van der Waals surface area contributed by atoms with E-state index >= 15 is 0 Å². The highest BCUT2D eigenvalue weighted by Crippen LogP contribution is 2.28. The summed E-state index contributed by atoms with van der Waals surface area (Å²) in [5.41, 5.74) is 3.43. The van der Waals surface area contributed by atoms with Gasteiger partial charge in [-0.1, -0.05) is 44.2 Å². The van der Waals surface area contributed by atoms with Crippen molar-refractivity contribution in [2.45, 2.75) is 19.8 Å². The second kappa shape index (κ2) is 5.13.